The van der Waals surface area contributed by atoms with Crippen molar-refractivity contribution in [1.82, 2.24) is 0 Å². The predicted molar refractivity (Wildman–Crippen MR) is 47.6 cm³/mol. The molecule has 4 atom stereocenters. The molecule has 5 heteroatoms. The van der Waals surface area contributed by atoms with Gasteiger partial charge in [-0.3, -0.25) is 0 Å². The summed E-state index contributed by atoms with van der Waals surface area (Å²) in [6, 6.07) is 0. The average Bonchev–Trinajstić information content (AvgIpc) is 2.39. The molecule has 0 radical (unpaired) electrons. The Morgan fingerprint density at radius 2 is 1.93 bits per heavy atom. The summed E-state index contributed by atoms with van der Waals surface area (Å²) >= 11 is 0. The highest BCUT2D eigenvalue weighted by Crippen LogP contribution is 2.29. The first-order valence-electron chi connectivity index (χ1n) is 4.54. The van der Waals surface area contributed by atoms with Crippen LogP contribution in [0.4, 0.5) is 0 Å². The molecule has 2 N–H and O–H groups in total. The van der Waals surface area contributed by atoms with Gasteiger partial charge >= 0.3 is 0 Å². The average molecular weight is 204 g/mol. The van der Waals surface area contributed by atoms with Crippen molar-refractivity contribution in [1.29, 1.82) is 0 Å². The molecule has 0 amide bonds. The number of ether oxygens (including phenoxy) is 2. The van der Waals surface area contributed by atoms with E-state index in [9.17, 15) is 9.90 Å². The van der Waals surface area contributed by atoms with Gasteiger partial charge < -0.3 is 24.5 Å². The summed E-state index contributed by atoms with van der Waals surface area (Å²) in [5.41, 5.74) is 0. The summed E-state index contributed by atoms with van der Waals surface area (Å²) in [7, 11) is 0. The van der Waals surface area contributed by atoms with Crippen LogP contribution in [-0.2, 0) is 14.3 Å². The minimum atomic E-state index is -1.12. The normalized spacial score (nSPS) is 35.2. The Labute approximate surface area is 82.6 Å². The Morgan fingerprint density at radius 1 is 1.36 bits per heavy atom. The Balaban J connectivity index is 2.73. The van der Waals surface area contributed by atoms with Gasteiger partial charge in [0.1, 0.15) is 18.3 Å². The second-order valence-electron chi connectivity index (χ2n) is 3.93. The Bertz CT molecular complexity index is 213. The van der Waals surface area contributed by atoms with Crippen LogP contribution in [0.5, 0.6) is 0 Å². The zero-order chi connectivity index (χ0) is 10.9. The number of aliphatic hydroxyl groups excluding tert-OH is 2. The van der Waals surface area contributed by atoms with Gasteiger partial charge in [0.25, 0.3) is 0 Å². The molecule has 14 heavy (non-hydrogen) atoms. The van der Waals surface area contributed by atoms with Gasteiger partial charge in [-0.15, -0.1) is 0 Å². The topological polar surface area (TPSA) is 76.0 Å². The highest BCUT2D eigenvalue weighted by Gasteiger charge is 2.45. The fourth-order valence-electron chi connectivity index (χ4n) is 1.46. The third kappa shape index (κ3) is 2.30. The van der Waals surface area contributed by atoms with Crippen molar-refractivity contribution in [2.24, 2.45) is 0 Å². The lowest BCUT2D eigenvalue weighted by atomic mass is 10.1. The molecule has 1 saturated heterocycles. The van der Waals surface area contributed by atoms with Crippen molar-refractivity contribution >= 4 is 6.29 Å². The van der Waals surface area contributed by atoms with Crippen LogP contribution in [0.15, 0.2) is 0 Å². The first-order valence-corrected chi connectivity index (χ1v) is 4.54. The molecule has 0 aromatic heterocycles. The van der Waals surface area contributed by atoms with E-state index in [0.717, 1.165) is 0 Å². The summed E-state index contributed by atoms with van der Waals surface area (Å²) in [6.45, 7) is 4.73. The highest BCUT2D eigenvalue weighted by atomic mass is 16.8. The first kappa shape index (κ1) is 11.6. The van der Waals surface area contributed by atoms with Gasteiger partial charge in [-0.05, 0) is 20.8 Å². The molecule has 0 bridgehead atoms. The minimum Gasteiger partial charge on any atom is -0.391 e. The standard InChI is InChI=1S/C9H16O5/c1-5(11)7(12)8-6(4-10)13-9(2,3)14-8/h4-8,11-12H,1-3H3/t5-,6-,7+,8-/m1/s1. The maximum Gasteiger partial charge on any atom is 0.164 e. The van der Waals surface area contributed by atoms with E-state index in [0.29, 0.717) is 6.29 Å². The molecular weight excluding hydrogens is 188 g/mol. The van der Waals surface area contributed by atoms with Crippen molar-refractivity contribution in [2.75, 3.05) is 0 Å². The largest absolute Gasteiger partial charge is 0.391 e. The number of carbonyl (C=O) groups is 1. The van der Waals surface area contributed by atoms with Crippen molar-refractivity contribution in [3.63, 3.8) is 0 Å². The zero-order valence-corrected chi connectivity index (χ0v) is 8.51. The zero-order valence-electron chi connectivity index (χ0n) is 8.51. The summed E-state index contributed by atoms with van der Waals surface area (Å²) in [5.74, 6) is -0.897. The third-order valence-corrected chi connectivity index (χ3v) is 2.13. The number of carbonyl (C=O) groups excluding carboxylic acids is 1. The Hall–Kier alpha value is -0.490. The van der Waals surface area contributed by atoms with E-state index < -0.39 is 30.2 Å². The lowest BCUT2D eigenvalue weighted by molar-refractivity contribution is -0.162. The molecular formula is C9H16O5. The molecule has 1 heterocycles. The van der Waals surface area contributed by atoms with E-state index in [1.807, 2.05) is 0 Å². The number of hydrogen-bond acceptors (Lipinski definition) is 5. The van der Waals surface area contributed by atoms with Gasteiger partial charge in [0.15, 0.2) is 12.1 Å². The minimum absolute atomic E-state index is 0.574. The smallest absolute Gasteiger partial charge is 0.164 e. The second kappa shape index (κ2) is 3.94. The monoisotopic (exact) mass is 204 g/mol. The molecule has 0 unspecified atom stereocenters. The molecule has 1 aliphatic rings. The molecule has 1 rings (SSSR count). The van der Waals surface area contributed by atoms with Crippen molar-refractivity contribution < 1.29 is 24.5 Å². The molecule has 1 aliphatic heterocycles. The molecule has 0 aromatic carbocycles. The summed E-state index contributed by atoms with van der Waals surface area (Å²) in [6.07, 6.45) is -3.13. The van der Waals surface area contributed by atoms with Gasteiger partial charge in [-0.1, -0.05) is 0 Å². The van der Waals surface area contributed by atoms with E-state index in [2.05, 4.69) is 0 Å². The van der Waals surface area contributed by atoms with E-state index >= 15 is 0 Å². The number of aldehydes is 1. The van der Waals surface area contributed by atoms with Crippen LogP contribution in [0.2, 0.25) is 0 Å². The predicted octanol–water partition coefficient (Wildman–Crippen LogP) is -0.553. The Morgan fingerprint density at radius 3 is 2.36 bits per heavy atom. The van der Waals surface area contributed by atoms with Crippen molar-refractivity contribution in [3.8, 4) is 0 Å². The van der Waals surface area contributed by atoms with Crippen LogP contribution >= 0.6 is 0 Å². The Kier molecular flexibility index (Phi) is 3.26. The highest BCUT2D eigenvalue weighted by molar-refractivity contribution is 5.58. The first-order chi connectivity index (χ1) is 6.37. The van der Waals surface area contributed by atoms with Crippen LogP contribution in [0.3, 0.4) is 0 Å². The summed E-state index contributed by atoms with van der Waals surface area (Å²) < 4.78 is 10.5. The van der Waals surface area contributed by atoms with E-state index in [1.165, 1.54) is 6.92 Å². The van der Waals surface area contributed by atoms with Crippen molar-refractivity contribution in [3.05, 3.63) is 0 Å². The lowest BCUT2D eigenvalue weighted by Gasteiger charge is -2.22. The molecule has 0 saturated carbocycles. The van der Waals surface area contributed by atoms with Crippen LogP contribution < -0.4 is 0 Å². The molecule has 1 fully saturated rings. The van der Waals surface area contributed by atoms with Crippen LogP contribution in [-0.4, -0.2) is 46.7 Å². The van der Waals surface area contributed by atoms with Crippen LogP contribution in [0.1, 0.15) is 20.8 Å². The van der Waals surface area contributed by atoms with E-state index in [-0.39, 0.29) is 0 Å². The van der Waals surface area contributed by atoms with Gasteiger partial charge in [0.05, 0.1) is 6.10 Å². The summed E-state index contributed by atoms with van der Waals surface area (Å²) in [4.78, 5) is 10.6. The van der Waals surface area contributed by atoms with Gasteiger partial charge in [0, 0.05) is 0 Å². The molecule has 0 aliphatic carbocycles. The summed E-state index contributed by atoms with van der Waals surface area (Å²) in [5, 5.41) is 18.7. The fourth-order valence-corrected chi connectivity index (χ4v) is 1.46. The number of aliphatic hydroxyl groups is 2. The molecule has 5 nitrogen and oxygen atoms in total. The van der Waals surface area contributed by atoms with Gasteiger partial charge in [0.2, 0.25) is 0 Å². The second-order valence-corrected chi connectivity index (χ2v) is 3.93. The van der Waals surface area contributed by atoms with Crippen LogP contribution in [0.25, 0.3) is 0 Å². The fraction of sp³-hybridized carbons (Fsp3) is 0.889. The van der Waals surface area contributed by atoms with E-state index in [1.54, 1.807) is 13.8 Å². The third-order valence-electron chi connectivity index (χ3n) is 2.13. The van der Waals surface area contributed by atoms with Gasteiger partial charge in [-0.25, -0.2) is 0 Å². The number of hydrogen-bond donors (Lipinski definition) is 2. The molecule has 0 aromatic rings. The molecule has 0 spiro atoms. The van der Waals surface area contributed by atoms with E-state index in [4.69, 9.17) is 14.6 Å². The maximum atomic E-state index is 10.6. The van der Waals surface area contributed by atoms with Crippen molar-refractivity contribution in [2.45, 2.75) is 51.0 Å². The quantitative estimate of drug-likeness (QED) is 0.603. The maximum absolute atomic E-state index is 10.6. The SMILES string of the molecule is C[C@@H](O)[C@H](O)[C@@H]1OC(C)(C)O[C@@H]1C=O. The van der Waals surface area contributed by atoms with Crippen LogP contribution in [0, 0.1) is 0 Å². The van der Waals surface area contributed by atoms with Gasteiger partial charge in [-0.2, -0.15) is 0 Å². The lowest BCUT2D eigenvalue weighted by Crippen LogP contribution is -2.42. The molecule has 82 valence electrons. The number of rotatable bonds is 3.